The van der Waals surface area contributed by atoms with Crippen molar-refractivity contribution in [3.05, 3.63) is 6.33 Å². The quantitative estimate of drug-likeness (QED) is 0.893. The second-order valence-electron chi connectivity index (χ2n) is 5.25. The number of rotatable bonds is 3. The summed E-state index contributed by atoms with van der Waals surface area (Å²) < 4.78 is 11.3. The summed E-state index contributed by atoms with van der Waals surface area (Å²) in [5.74, 6) is 1.18. The molecule has 0 aromatic carbocycles. The summed E-state index contributed by atoms with van der Waals surface area (Å²) in [6, 6.07) is 0. The average molecular weight is 266 g/mol. The van der Waals surface area contributed by atoms with Gasteiger partial charge in [-0.05, 0) is 27.7 Å². The van der Waals surface area contributed by atoms with Crippen LogP contribution in [-0.2, 0) is 4.74 Å². The lowest BCUT2D eigenvalue weighted by molar-refractivity contribution is -0.00543. The van der Waals surface area contributed by atoms with E-state index < -0.39 is 0 Å². The molecule has 1 aliphatic rings. The Balaban J connectivity index is 2.24. The molecule has 0 saturated carbocycles. The Kier molecular flexibility index (Phi) is 4.09. The zero-order chi connectivity index (χ0) is 14.0. The molecule has 1 aromatic heterocycles. The maximum Gasteiger partial charge on any atom is 0.242 e. The van der Waals surface area contributed by atoms with E-state index in [1.54, 1.807) is 0 Å². The minimum Gasteiger partial charge on any atom is -0.473 e. The van der Waals surface area contributed by atoms with Crippen molar-refractivity contribution >= 4 is 11.5 Å². The third-order valence-electron chi connectivity index (χ3n) is 2.89. The fourth-order valence-electron chi connectivity index (χ4n) is 2.29. The Morgan fingerprint density at radius 2 is 1.95 bits per heavy atom. The molecule has 1 aromatic rings. The molecule has 2 N–H and O–H groups in total. The lowest BCUT2D eigenvalue weighted by Crippen LogP contribution is -2.46. The lowest BCUT2D eigenvalue weighted by atomic mass is 10.2. The van der Waals surface area contributed by atoms with Crippen LogP contribution < -0.4 is 15.4 Å². The molecule has 2 rings (SSSR count). The van der Waals surface area contributed by atoms with Gasteiger partial charge in [0.25, 0.3) is 0 Å². The van der Waals surface area contributed by atoms with Crippen LogP contribution in [-0.4, -0.2) is 41.4 Å². The Labute approximate surface area is 113 Å². The van der Waals surface area contributed by atoms with E-state index in [1.807, 2.05) is 27.7 Å². The number of hydrogen-bond acceptors (Lipinski definition) is 6. The van der Waals surface area contributed by atoms with Crippen molar-refractivity contribution < 1.29 is 9.47 Å². The normalized spacial score (nSPS) is 23.7. The summed E-state index contributed by atoms with van der Waals surface area (Å²) in [4.78, 5) is 10.5. The molecule has 19 heavy (non-hydrogen) atoms. The van der Waals surface area contributed by atoms with Gasteiger partial charge in [-0.15, -0.1) is 0 Å². The van der Waals surface area contributed by atoms with Crippen LogP contribution in [0, 0.1) is 0 Å². The molecule has 1 saturated heterocycles. The van der Waals surface area contributed by atoms with E-state index in [1.165, 1.54) is 6.33 Å². The highest BCUT2D eigenvalue weighted by molar-refractivity contribution is 5.68. The van der Waals surface area contributed by atoms with Gasteiger partial charge in [-0.3, -0.25) is 0 Å². The van der Waals surface area contributed by atoms with Crippen molar-refractivity contribution in [3.63, 3.8) is 0 Å². The molecular formula is C13H22N4O2. The van der Waals surface area contributed by atoms with E-state index in [4.69, 9.17) is 15.2 Å². The van der Waals surface area contributed by atoms with Crippen molar-refractivity contribution in [3.8, 4) is 5.88 Å². The first-order valence-corrected chi connectivity index (χ1v) is 6.65. The van der Waals surface area contributed by atoms with Crippen LogP contribution in [0.3, 0.4) is 0 Å². The molecule has 0 bridgehead atoms. The maximum atomic E-state index is 6.12. The second-order valence-corrected chi connectivity index (χ2v) is 5.25. The van der Waals surface area contributed by atoms with E-state index in [2.05, 4.69) is 14.9 Å². The van der Waals surface area contributed by atoms with Gasteiger partial charge < -0.3 is 20.1 Å². The van der Waals surface area contributed by atoms with Gasteiger partial charge in [-0.1, -0.05) is 0 Å². The molecule has 1 aliphatic heterocycles. The minimum absolute atomic E-state index is 0.0348. The average Bonchev–Trinajstić information content (AvgIpc) is 2.30. The van der Waals surface area contributed by atoms with Crippen LogP contribution in [0.25, 0.3) is 0 Å². The molecule has 106 valence electrons. The standard InChI is InChI=1S/C13H22N4O2/c1-8(2)18-13-11(14)12(15-7-16-13)17-5-9(3)19-10(4)6-17/h7-10H,5-6,14H2,1-4H3/t9-,10+. The molecular weight excluding hydrogens is 244 g/mol. The number of morpholine rings is 1. The monoisotopic (exact) mass is 266 g/mol. The van der Waals surface area contributed by atoms with Crippen LogP contribution in [0.2, 0.25) is 0 Å². The molecule has 0 radical (unpaired) electrons. The van der Waals surface area contributed by atoms with Gasteiger partial charge in [0, 0.05) is 13.1 Å². The van der Waals surface area contributed by atoms with E-state index in [0.717, 1.165) is 18.9 Å². The van der Waals surface area contributed by atoms with E-state index in [9.17, 15) is 0 Å². The van der Waals surface area contributed by atoms with E-state index in [-0.39, 0.29) is 18.3 Å². The summed E-state index contributed by atoms with van der Waals surface area (Å²) >= 11 is 0. The summed E-state index contributed by atoms with van der Waals surface area (Å²) in [6.45, 7) is 9.52. The predicted molar refractivity (Wildman–Crippen MR) is 74.4 cm³/mol. The van der Waals surface area contributed by atoms with Crippen LogP contribution in [0.4, 0.5) is 11.5 Å². The maximum absolute atomic E-state index is 6.12. The summed E-state index contributed by atoms with van der Waals surface area (Å²) in [5.41, 5.74) is 6.62. The van der Waals surface area contributed by atoms with Crippen molar-refractivity contribution in [2.75, 3.05) is 23.7 Å². The Morgan fingerprint density at radius 1 is 1.32 bits per heavy atom. The van der Waals surface area contributed by atoms with Crippen LogP contribution in [0.5, 0.6) is 5.88 Å². The fourth-order valence-corrected chi connectivity index (χ4v) is 2.29. The molecule has 2 heterocycles. The van der Waals surface area contributed by atoms with Crippen LogP contribution in [0.15, 0.2) is 6.33 Å². The molecule has 2 atom stereocenters. The second kappa shape index (κ2) is 5.61. The van der Waals surface area contributed by atoms with Gasteiger partial charge in [0.15, 0.2) is 5.82 Å². The third-order valence-corrected chi connectivity index (χ3v) is 2.89. The van der Waals surface area contributed by atoms with Gasteiger partial charge in [0.2, 0.25) is 5.88 Å². The molecule has 1 fully saturated rings. The van der Waals surface area contributed by atoms with Gasteiger partial charge in [-0.25, -0.2) is 4.98 Å². The first-order valence-electron chi connectivity index (χ1n) is 6.65. The fraction of sp³-hybridized carbons (Fsp3) is 0.692. The van der Waals surface area contributed by atoms with Gasteiger partial charge >= 0.3 is 0 Å². The molecule has 6 nitrogen and oxygen atoms in total. The molecule has 6 heteroatoms. The molecule has 0 unspecified atom stereocenters. The Hall–Kier alpha value is -1.56. The van der Waals surface area contributed by atoms with Crippen molar-refractivity contribution in [1.29, 1.82) is 0 Å². The zero-order valence-electron chi connectivity index (χ0n) is 12.0. The van der Waals surface area contributed by atoms with Crippen molar-refractivity contribution in [1.82, 2.24) is 9.97 Å². The number of nitrogens with two attached hydrogens (primary N) is 1. The van der Waals surface area contributed by atoms with E-state index >= 15 is 0 Å². The van der Waals surface area contributed by atoms with Gasteiger partial charge in [-0.2, -0.15) is 4.98 Å². The number of nitrogen functional groups attached to an aromatic ring is 1. The minimum atomic E-state index is 0.0348. The number of anilines is 2. The summed E-state index contributed by atoms with van der Waals surface area (Å²) in [6.07, 6.45) is 1.85. The highest BCUT2D eigenvalue weighted by Crippen LogP contribution is 2.30. The zero-order valence-corrected chi connectivity index (χ0v) is 12.0. The molecule has 0 spiro atoms. The Bertz CT molecular complexity index is 429. The largest absolute Gasteiger partial charge is 0.473 e. The highest BCUT2D eigenvalue weighted by Gasteiger charge is 2.25. The summed E-state index contributed by atoms with van der Waals surface area (Å²) in [7, 11) is 0. The van der Waals surface area contributed by atoms with E-state index in [0.29, 0.717) is 11.6 Å². The third kappa shape index (κ3) is 3.26. The smallest absolute Gasteiger partial charge is 0.242 e. The van der Waals surface area contributed by atoms with Gasteiger partial charge in [0.05, 0.1) is 18.3 Å². The Morgan fingerprint density at radius 3 is 2.53 bits per heavy atom. The topological polar surface area (TPSA) is 73.5 Å². The predicted octanol–water partition coefficient (Wildman–Crippen LogP) is 1.46. The van der Waals surface area contributed by atoms with Crippen LogP contribution in [0.1, 0.15) is 27.7 Å². The first kappa shape index (κ1) is 13.9. The lowest BCUT2D eigenvalue weighted by Gasteiger charge is -2.36. The highest BCUT2D eigenvalue weighted by atomic mass is 16.5. The number of ether oxygens (including phenoxy) is 2. The number of nitrogens with zero attached hydrogens (tertiary/aromatic N) is 3. The van der Waals surface area contributed by atoms with Crippen LogP contribution >= 0.6 is 0 Å². The van der Waals surface area contributed by atoms with Crippen molar-refractivity contribution in [2.24, 2.45) is 0 Å². The van der Waals surface area contributed by atoms with Gasteiger partial charge in [0.1, 0.15) is 12.0 Å². The molecule has 0 amide bonds. The van der Waals surface area contributed by atoms with Crippen molar-refractivity contribution in [2.45, 2.75) is 46.0 Å². The SMILES string of the molecule is CC(C)Oc1ncnc(N2C[C@@H](C)O[C@@H](C)C2)c1N. The summed E-state index contributed by atoms with van der Waals surface area (Å²) in [5, 5.41) is 0. The number of hydrogen-bond donors (Lipinski definition) is 1. The number of aromatic nitrogens is 2. The first-order chi connectivity index (χ1) is 8.97. The molecule has 0 aliphatic carbocycles.